The zero-order valence-electron chi connectivity index (χ0n) is 20.5. The lowest BCUT2D eigenvalue weighted by Crippen LogP contribution is -2.23. The van der Waals surface area contributed by atoms with Crippen molar-refractivity contribution in [3.8, 4) is 17.1 Å². The largest absolute Gasteiger partial charge is 0.467 e. The number of anilines is 1. The third kappa shape index (κ3) is 5.60. The minimum Gasteiger partial charge on any atom is -0.467 e. The third-order valence-corrected chi connectivity index (χ3v) is 7.50. The highest BCUT2D eigenvalue weighted by Gasteiger charge is 2.27. The predicted molar refractivity (Wildman–Crippen MR) is 140 cm³/mol. The highest BCUT2D eigenvalue weighted by Crippen LogP contribution is 2.31. The Morgan fingerprint density at radius 1 is 1.00 bits per heavy atom. The third-order valence-electron chi connectivity index (χ3n) is 5.88. The molecule has 3 heterocycles. The van der Waals surface area contributed by atoms with Crippen LogP contribution in [0, 0.1) is 11.6 Å². The lowest BCUT2D eigenvalue weighted by atomic mass is 10.1. The lowest BCUT2D eigenvalue weighted by Gasteiger charge is -2.08. The van der Waals surface area contributed by atoms with Crippen molar-refractivity contribution in [1.82, 2.24) is 19.5 Å². The van der Waals surface area contributed by atoms with Gasteiger partial charge in [-0.05, 0) is 35.4 Å². The van der Waals surface area contributed by atoms with Crippen molar-refractivity contribution in [2.45, 2.75) is 11.4 Å². The Hall–Kier alpha value is -4.71. The Morgan fingerprint density at radius 3 is 2.51 bits per heavy atom. The van der Waals surface area contributed by atoms with Gasteiger partial charge in [0.25, 0.3) is 0 Å². The molecule has 198 valence electrons. The van der Waals surface area contributed by atoms with E-state index in [4.69, 9.17) is 4.74 Å². The van der Waals surface area contributed by atoms with Crippen LogP contribution in [0.4, 0.5) is 14.6 Å². The number of hydrogen-bond acceptors (Lipinski definition) is 7. The molecule has 12 heteroatoms. The number of halogens is 2. The number of nitrogens with zero attached hydrogens (tertiary/aromatic N) is 4. The maximum Gasteiger partial charge on any atom is 0.316 e. The van der Waals surface area contributed by atoms with Crippen molar-refractivity contribution in [2.24, 2.45) is 0 Å². The molecule has 5 aromatic rings. The number of nitrogens with one attached hydrogen (secondary N) is 1. The zero-order valence-corrected chi connectivity index (χ0v) is 21.3. The molecule has 0 atom stereocenters. The summed E-state index contributed by atoms with van der Waals surface area (Å²) in [4.78, 5) is 24.2. The molecular weight excluding hydrogens is 528 g/mol. The summed E-state index contributed by atoms with van der Waals surface area (Å²) in [5, 5.41) is 2.12. The number of ether oxygens (including phenoxy) is 1. The fourth-order valence-corrected chi connectivity index (χ4v) is 5.53. The molecule has 1 amide bonds. The number of aromatic nitrogens is 4. The number of fused-ring (bicyclic) bond motifs is 1. The molecule has 0 saturated carbocycles. The number of carbonyl (C=O) groups excluding carboxylic acids is 1. The van der Waals surface area contributed by atoms with Crippen LogP contribution >= 0.6 is 0 Å². The first-order valence-electron chi connectivity index (χ1n) is 11.6. The van der Waals surface area contributed by atoms with E-state index in [1.54, 1.807) is 36.7 Å². The Kier molecular flexibility index (Phi) is 7.03. The fourth-order valence-electron chi connectivity index (χ4n) is 4.16. The van der Waals surface area contributed by atoms with Crippen LogP contribution in [0.2, 0.25) is 0 Å². The van der Waals surface area contributed by atoms with E-state index in [-0.39, 0.29) is 29.3 Å². The van der Waals surface area contributed by atoms with E-state index in [0.717, 1.165) is 17.2 Å². The molecular formula is C27H21F2N5O4S. The van der Waals surface area contributed by atoms with Crippen molar-refractivity contribution in [1.29, 1.82) is 0 Å². The van der Waals surface area contributed by atoms with E-state index in [1.807, 2.05) is 12.1 Å². The van der Waals surface area contributed by atoms with Crippen molar-refractivity contribution in [2.75, 3.05) is 18.2 Å². The summed E-state index contributed by atoms with van der Waals surface area (Å²) >= 11 is 0. The number of amides is 1. The van der Waals surface area contributed by atoms with Gasteiger partial charge in [-0.1, -0.05) is 24.3 Å². The van der Waals surface area contributed by atoms with Gasteiger partial charge < -0.3 is 14.6 Å². The number of carbonyl (C=O) groups is 1. The van der Waals surface area contributed by atoms with Crippen LogP contribution in [-0.2, 0) is 21.2 Å². The standard InChI is InChI=1S/C27H21F2N5O4S/c1-38-27-31-12-19(13-32-27)18-6-4-5-17(9-18)14-34-15-23(26-21(29)10-20(28)11-22(26)34)39(36,37)16-25(35)33-24-7-2-3-8-30-24/h2-13,15H,14,16H2,1H3,(H,30,33,35). The summed E-state index contributed by atoms with van der Waals surface area (Å²) in [5.41, 5.74) is 2.26. The second-order valence-electron chi connectivity index (χ2n) is 8.58. The van der Waals surface area contributed by atoms with Gasteiger partial charge in [-0.3, -0.25) is 4.79 Å². The first-order chi connectivity index (χ1) is 18.7. The van der Waals surface area contributed by atoms with Crippen molar-refractivity contribution in [3.05, 3.63) is 96.6 Å². The normalized spacial score (nSPS) is 11.5. The van der Waals surface area contributed by atoms with Crippen LogP contribution in [0.5, 0.6) is 6.01 Å². The van der Waals surface area contributed by atoms with Crippen LogP contribution < -0.4 is 10.1 Å². The second kappa shape index (κ2) is 10.6. The molecule has 0 aliphatic rings. The number of rotatable bonds is 8. The van der Waals surface area contributed by atoms with E-state index in [9.17, 15) is 22.0 Å². The molecule has 0 fully saturated rings. The lowest BCUT2D eigenvalue weighted by molar-refractivity contribution is -0.113. The Balaban J connectivity index is 1.49. The van der Waals surface area contributed by atoms with Crippen LogP contribution in [-0.4, -0.2) is 46.7 Å². The summed E-state index contributed by atoms with van der Waals surface area (Å²) in [6.45, 7) is 0.0971. The van der Waals surface area contributed by atoms with Crippen LogP contribution in [0.15, 0.2) is 84.3 Å². The number of sulfone groups is 1. The zero-order chi connectivity index (χ0) is 27.6. The van der Waals surface area contributed by atoms with Gasteiger partial charge in [-0.25, -0.2) is 32.2 Å². The molecule has 0 radical (unpaired) electrons. The van der Waals surface area contributed by atoms with Gasteiger partial charge in [0.1, 0.15) is 23.2 Å². The van der Waals surface area contributed by atoms with E-state index >= 15 is 0 Å². The maximum absolute atomic E-state index is 15.0. The van der Waals surface area contributed by atoms with Gasteiger partial charge in [-0.2, -0.15) is 0 Å². The molecule has 0 spiro atoms. The summed E-state index contributed by atoms with van der Waals surface area (Å²) in [7, 11) is -2.86. The molecule has 0 aliphatic heterocycles. The Bertz CT molecular complexity index is 1780. The quantitative estimate of drug-likeness (QED) is 0.308. The van der Waals surface area contributed by atoms with Crippen LogP contribution in [0.25, 0.3) is 22.0 Å². The molecule has 5 rings (SSSR count). The van der Waals surface area contributed by atoms with Gasteiger partial charge in [-0.15, -0.1) is 0 Å². The Morgan fingerprint density at radius 2 is 1.79 bits per heavy atom. The number of benzene rings is 2. The summed E-state index contributed by atoms with van der Waals surface area (Å²) in [5.74, 6) is -3.52. The topological polar surface area (TPSA) is 116 Å². The summed E-state index contributed by atoms with van der Waals surface area (Å²) in [6.07, 6.45) is 5.86. The number of pyridine rings is 1. The molecule has 0 aliphatic carbocycles. The van der Waals surface area contributed by atoms with E-state index in [0.29, 0.717) is 11.6 Å². The SMILES string of the molecule is COc1ncc(-c2cccc(Cn3cc(S(=O)(=O)CC(=O)Nc4ccccn4)c4c(F)cc(F)cc43)c2)cn1. The molecule has 3 aromatic heterocycles. The fraction of sp³-hybridized carbons (Fsp3) is 0.111. The maximum atomic E-state index is 15.0. The molecule has 1 N–H and O–H groups in total. The average Bonchev–Trinajstić information content (AvgIpc) is 3.28. The predicted octanol–water partition coefficient (Wildman–Crippen LogP) is 4.24. The first-order valence-corrected chi connectivity index (χ1v) is 13.3. The number of methoxy groups -OCH3 is 1. The van der Waals surface area contributed by atoms with Gasteiger partial charge in [0.15, 0.2) is 9.84 Å². The Labute approximate surface area is 222 Å². The van der Waals surface area contributed by atoms with Gasteiger partial charge in [0, 0.05) is 43.0 Å². The van der Waals surface area contributed by atoms with Crippen molar-refractivity contribution >= 4 is 32.5 Å². The minimum atomic E-state index is -4.32. The van der Waals surface area contributed by atoms with Crippen molar-refractivity contribution < 1.29 is 26.7 Å². The summed E-state index contributed by atoms with van der Waals surface area (Å²) in [6, 6.07) is 13.9. The smallest absolute Gasteiger partial charge is 0.316 e. The molecule has 0 unspecified atom stereocenters. The van der Waals surface area contributed by atoms with E-state index < -0.39 is 38.0 Å². The van der Waals surface area contributed by atoms with Crippen molar-refractivity contribution in [3.63, 3.8) is 0 Å². The van der Waals surface area contributed by atoms with Crippen LogP contribution in [0.1, 0.15) is 5.56 Å². The van der Waals surface area contributed by atoms with E-state index in [2.05, 4.69) is 20.3 Å². The first kappa shape index (κ1) is 25.9. The monoisotopic (exact) mass is 549 g/mol. The van der Waals surface area contributed by atoms with E-state index in [1.165, 1.54) is 30.1 Å². The highest BCUT2D eigenvalue weighted by molar-refractivity contribution is 7.92. The number of hydrogen-bond donors (Lipinski definition) is 1. The molecule has 0 saturated heterocycles. The average molecular weight is 550 g/mol. The highest BCUT2D eigenvalue weighted by atomic mass is 32.2. The molecule has 0 bridgehead atoms. The van der Waals surface area contributed by atoms with Gasteiger partial charge in [0.05, 0.1) is 22.9 Å². The van der Waals surface area contributed by atoms with Crippen LogP contribution in [0.3, 0.4) is 0 Å². The minimum absolute atomic E-state index is 0.0365. The molecule has 39 heavy (non-hydrogen) atoms. The second-order valence-corrected chi connectivity index (χ2v) is 10.5. The molecule has 2 aromatic carbocycles. The molecule has 9 nitrogen and oxygen atoms in total. The van der Waals surface area contributed by atoms with Gasteiger partial charge >= 0.3 is 6.01 Å². The van der Waals surface area contributed by atoms with Gasteiger partial charge in [0.2, 0.25) is 5.91 Å². The summed E-state index contributed by atoms with van der Waals surface area (Å²) < 4.78 is 62.1.